The van der Waals surface area contributed by atoms with Crippen molar-refractivity contribution in [2.24, 2.45) is 0 Å². The van der Waals surface area contributed by atoms with Crippen LogP contribution >= 0.6 is 0 Å². The van der Waals surface area contributed by atoms with Gasteiger partial charge < -0.3 is 10.5 Å². The smallest absolute Gasteiger partial charge is 0.291 e. The highest BCUT2D eigenvalue weighted by molar-refractivity contribution is 7.89. The van der Waals surface area contributed by atoms with Gasteiger partial charge in [0, 0.05) is 18.9 Å². The average molecular weight is 303 g/mol. The van der Waals surface area contributed by atoms with E-state index in [0.717, 1.165) is 12.1 Å². The van der Waals surface area contributed by atoms with Crippen LogP contribution in [0.2, 0.25) is 0 Å². The van der Waals surface area contributed by atoms with Crippen LogP contribution in [0.5, 0.6) is 0 Å². The molecular formula is C11H17N3O5S. The first kappa shape index (κ1) is 16.3. The van der Waals surface area contributed by atoms with Crippen LogP contribution < -0.4 is 10.5 Å². The molecule has 0 saturated heterocycles. The second-order valence-corrected chi connectivity index (χ2v) is 6.56. The van der Waals surface area contributed by atoms with Crippen LogP contribution in [0.4, 0.5) is 11.4 Å². The molecule has 0 atom stereocenters. The topological polar surface area (TPSA) is 125 Å². The van der Waals surface area contributed by atoms with Gasteiger partial charge in [0.25, 0.3) is 5.69 Å². The largest absolute Gasteiger partial charge is 0.399 e. The van der Waals surface area contributed by atoms with Crippen LogP contribution in [-0.2, 0) is 14.8 Å². The molecule has 0 aliphatic rings. The van der Waals surface area contributed by atoms with E-state index in [0.29, 0.717) is 0 Å². The highest BCUT2D eigenvalue weighted by Gasteiger charge is 2.31. The maximum atomic E-state index is 12.2. The minimum absolute atomic E-state index is 0.117. The van der Waals surface area contributed by atoms with Gasteiger partial charge >= 0.3 is 0 Å². The predicted molar refractivity (Wildman–Crippen MR) is 73.8 cm³/mol. The molecule has 0 aromatic heterocycles. The molecule has 0 amide bonds. The Morgan fingerprint density at radius 2 is 2.05 bits per heavy atom. The van der Waals surface area contributed by atoms with Crippen molar-refractivity contribution < 1.29 is 18.1 Å². The molecule has 3 N–H and O–H groups in total. The lowest BCUT2D eigenvalue weighted by Gasteiger charge is -2.24. The lowest BCUT2D eigenvalue weighted by Crippen LogP contribution is -2.46. The van der Waals surface area contributed by atoms with E-state index >= 15 is 0 Å². The van der Waals surface area contributed by atoms with Crippen molar-refractivity contribution in [3.05, 3.63) is 28.3 Å². The average Bonchev–Trinajstić information content (AvgIpc) is 2.26. The van der Waals surface area contributed by atoms with Gasteiger partial charge in [-0.2, -0.15) is 0 Å². The fourth-order valence-electron chi connectivity index (χ4n) is 1.71. The fourth-order valence-corrected chi connectivity index (χ4v) is 3.27. The fraction of sp³-hybridized carbons (Fsp3) is 0.455. The van der Waals surface area contributed by atoms with Crippen molar-refractivity contribution >= 4 is 21.4 Å². The summed E-state index contributed by atoms with van der Waals surface area (Å²) in [5, 5.41) is 10.9. The molecule has 0 fully saturated rings. The maximum absolute atomic E-state index is 12.2. The molecule has 1 aromatic carbocycles. The number of nitrogens with two attached hydrogens (primary N) is 1. The first-order valence-corrected chi connectivity index (χ1v) is 7.14. The molecule has 0 unspecified atom stereocenters. The Morgan fingerprint density at radius 3 is 2.55 bits per heavy atom. The van der Waals surface area contributed by atoms with Gasteiger partial charge in [0.05, 0.1) is 17.1 Å². The zero-order chi connectivity index (χ0) is 15.6. The SMILES string of the molecule is COCC(C)(C)NS(=O)(=O)c1ccc(N)cc1[N+](=O)[O-]. The number of rotatable bonds is 6. The number of sulfonamides is 1. The number of nitrogen functional groups attached to an aromatic ring is 1. The molecule has 0 spiro atoms. The molecule has 0 radical (unpaired) electrons. The van der Waals surface area contributed by atoms with Crippen LogP contribution in [0, 0.1) is 10.1 Å². The summed E-state index contributed by atoms with van der Waals surface area (Å²) in [5.41, 5.74) is 4.10. The molecule has 0 heterocycles. The number of nitro benzene ring substituents is 1. The summed E-state index contributed by atoms with van der Waals surface area (Å²) in [4.78, 5) is 9.73. The Kier molecular flexibility index (Phi) is 4.69. The number of hydrogen-bond acceptors (Lipinski definition) is 6. The third-order valence-electron chi connectivity index (χ3n) is 2.39. The molecular weight excluding hydrogens is 286 g/mol. The van der Waals surface area contributed by atoms with E-state index in [2.05, 4.69) is 4.72 Å². The van der Waals surface area contributed by atoms with Gasteiger partial charge in [0.1, 0.15) is 0 Å². The Hall–Kier alpha value is -1.71. The Morgan fingerprint density at radius 1 is 1.45 bits per heavy atom. The van der Waals surface area contributed by atoms with E-state index in [-0.39, 0.29) is 12.3 Å². The number of nitrogens with one attached hydrogen (secondary N) is 1. The van der Waals surface area contributed by atoms with Crippen LogP contribution in [0.25, 0.3) is 0 Å². The molecule has 1 aromatic rings. The van der Waals surface area contributed by atoms with Crippen LogP contribution in [0.1, 0.15) is 13.8 Å². The molecule has 9 heteroatoms. The van der Waals surface area contributed by atoms with Gasteiger partial charge in [-0.3, -0.25) is 10.1 Å². The minimum Gasteiger partial charge on any atom is -0.399 e. The van der Waals surface area contributed by atoms with E-state index < -0.39 is 31.1 Å². The van der Waals surface area contributed by atoms with Gasteiger partial charge in [-0.25, -0.2) is 13.1 Å². The van der Waals surface area contributed by atoms with Crippen molar-refractivity contribution in [3.8, 4) is 0 Å². The van der Waals surface area contributed by atoms with E-state index in [9.17, 15) is 18.5 Å². The summed E-state index contributed by atoms with van der Waals surface area (Å²) in [5.74, 6) is 0. The Balaban J connectivity index is 3.26. The second-order valence-electron chi connectivity index (χ2n) is 4.91. The molecule has 20 heavy (non-hydrogen) atoms. The number of methoxy groups -OCH3 is 1. The second kappa shape index (κ2) is 5.73. The number of anilines is 1. The van der Waals surface area contributed by atoms with Gasteiger partial charge in [-0.05, 0) is 26.0 Å². The zero-order valence-electron chi connectivity index (χ0n) is 11.4. The lowest BCUT2D eigenvalue weighted by atomic mass is 10.1. The number of hydrogen-bond donors (Lipinski definition) is 2. The van der Waals surface area contributed by atoms with Crippen molar-refractivity contribution in [1.29, 1.82) is 0 Å². The summed E-state index contributed by atoms with van der Waals surface area (Å²) in [6, 6.07) is 3.42. The Labute approximate surface area is 117 Å². The Bertz CT molecular complexity index is 612. The van der Waals surface area contributed by atoms with Crippen molar-refractivity contribution in [2.45, 2.75) is 24.3 Å². The van der Waals surface area contributed by atoms with E-state index in [1.165, 1.54) is 13.2 Å². The van der Waals surface area contributed by atoms with E-state index in [1.807, 2.05) is 0 Å². The van der Waals surface area contributed by atoms with Crippen molar-refractivity contribution in [3.63, 3.8) is 0 Å². The number of nitrogens with zero attached hydrogens (tertiary/aromatic N) is 1. The lowest BCUT2D eigenvalue weighted by molar-refractivity contribution is -0.387. The summed E-state index contributed by atoms with van der Waals surface area (Å²) in [6.45, 7) is 3.34. The molecule has 0 aliphatic heterocycles. The normalized spacial score (nSPS) is 12.3. The summed E-state index contributed by atoms with van der Waals surface area (Å²) < 4.78 is 31.8. The molecule has 0 bridgehead atoms. The minimum atomic E-state index is -4.06. The summed E-state index contributed by atoms with van der Waals surface area (Å²) in [7, 11) is -2.63. The molecule has 8 nitrogen and oxygen atoms in total. The third kappa shape index (κ3) is 3.89. The number of nitro groups is 1. The van der Waals surface area contributed by atoms with E-state index in [1.54, 1.807) is 13.8 Å². The van der Waals surface area contributed by atoms with E-state index in [4.69, 9.17) is 10.5 Å². The van der Waals surface area contributed by atoms with Gasteiger partial charge in [0.2, 0.25) is 10.0 Å². The standard InChI is InChI=1S/C11H17N3O5S/c1-11(2,7-19-3)13-20(17,18)10-5-4-8(12)6-9(10)14(15)16/h4-6,13H,7,12H2,1-3H3. The number of benzene rings is 1. The van der Waals surface area contributed by atoms with Gasteiger partial charge in [-0.1, -0.05) is 0 Å². The molecule has 112 valence electrons. The van der Waals surface area contributed by atoms with Gasteiger partial charge in [-0.15, -0.1) is 0 Å². The summed E-state index contributed by atoms with van der Waals surface area (Å²) in [6.07, 6.45) is 0. The zero-order valence-corrected chi connectivity index (χ0v) is 12.2. The van der Waals surface area contributed by atoms with Crippen LogP contribution in [-0.4, -0.2) is 32.6 Å². The van der Waals surface area contributed by atoms with Gasteiger partial charge in [0.15, 0.2) is 4.90 Å². The van der Waals surface area contributed by atoms with Crippen LogP contribution in [0.3, 0.4) is 0 Å². The molecule has 1 rings (SSSR count). The predicted octanol–water partition coefficient (Wildman–Crippen LogP) is 0.880. The maximum Gasteiger partial charge on any atom is 0.291 e. The van der Waals surface area contributed by atoms with Crippen LogP contribution in [0.15, 0.2) is 23.1 Å². The molecule has 0 aliphatic carbocycles. The highest BCUT2D eigenvalue weighted by Crippen LogP contribution is 2.26. The molecule has 0 saturated carbocycles. The first-order chi connectivity index (χ1) is 9.09. The highest BCUT2D eigenvalue weighted by atomic mass is 32.2. The third-order valence-corrected chi connectivity index (χ3v) is 4.13. The number of ether oxygens (including phenoxy) is 1. The summed E-state index contributed by atoms with van der Waals surface area (Å²) >= 11 is 0. The van der Waals surface area contributed by atoms with Crippen molar-refractivity contribution in [1.82, 2.24) is 4.72 Å². The monoisotopic (exact) mass is 303 g/mol. The van der Waals surface area contributed by atoms with Crippen molar-refractivity contribution in [2.75, 3.05) is 19.5 Å². The first-order valence-electron chi connectivity index (χ1n) is 5.66. The quantitative estimate of drug-likeness (QED) is 0.456.